The van der Waals surface area contributed by atoms with E-state index < -0.39 is 57.5 Å². The highest BCUT2D eigenvalue weighted by Gasteiger charge is 2.80. The van der Waals surface area contributed by atoms with Crippen molar-refractivity contribution >= 4 is 46.1 Å². The van der Waals surface area contributed by atoms with Crippen LogP contribution >= 0.6 is 11.6 Å². The van der Waals surface area contributed by atoms with Gasteiger partial charge in [0.2, 0.25) is 5.60 Å². The van der Waals surface area contributed by atoms with E-state index in [1.54, 1.807) is 7.11 Å². The molecule has 0 radical (unpaired) electrons. The van der Waals surface area contributed by atoms with Crippen LogP contribution in [0.15, 0.2) is 42.5 Å². The van der Waals surface area contributed by atoms with Crippen molar-refractivity contribution in [1.82, 2.24) is 14.8 Å². The highest BCUT2D eigenvalue weighted by atomic mass is 35.5. The minimum absolute atomic E-state index is 0.128. The Balaban J connectivity index is 1.37. The number of nitrogens with one attached hydrogen (secondary N) is 1. The molecule has 1 aromatic heterocycles. The number of halogens is 1. The van der Waals surface area contributed by atoms with Gasteiger partial charge in [0.15, 0.2) is 6.10 Å². The van der Waals surface area contributed by atoms with Crippen LogP contribution in [0.3, 0.4) is 0 Å². The molecule has 10 atom stereocenters. The van der Waals surface area contributed by atoms with Crippen LogP contribution in [0.5, 0.6) is 5.75 Å². The number of anilines is 1. The van der Waals surface area contributed by atoms with Crippen molar-refractivity contribution in [1.29, 1.82) is 0 Å². The number of ether oxygens (including phenoxy) is 4. The second-order valence-electron chi connectivity index (χ2n) is 18.3. The van der Waals surface area contributed by atoms with Crippen molar-refractivity contribution < 1.29 is 43.5 Å². The maximum absolute atomic E-state index is 15.4. The molecule has 6 heterocycles. The van der Waals surface area contributed by atoms with Gasteiger partial charge in [0, 0.05) is 96.0 Å². The Kier molecular flexibility index (Phi) is 9.76. The Morgan fingerprint density at radius 3 is 2.42 bits per heavy atom. The summed E-state index contributed by atoms with van der Waals surface area (Å²) in [5, 5.41) is 26.8. The zero-order valence-corrected chi connectivity index (χ0v) is 36.4. The molecular formula is C46H57ClN4O9. The van der Waals surface area contributed by atoms with Gasteiger partial charge >= 0.3 is 17.9 Å². The molecule has 9 rings (SSSR count). The van der Waals surface area contributed by atoms with E-state index in [1.165, 1.54) is 21.1 Å². The lowest BCUT2D eigenvalue weighted by Gasteiger charge is -2.63. The summed E-state index contributed by atoms with van der Waals surface area (Å²) in [6, 6.07) is 8.47. The summed E-state index contributed by atoms with van der Waals surface area (Å²) in [6.45, 7) is 8.48. The molecule has 5 aliphatic heterocycles. The van der Waals surface area contributed by atoms with E-state index in [9.17, 15) is 19.8 Å². The number of aromatic amines is 1. The SMILES string of the molecule is CC[C@]1(O)C[C@H]2CN(CCc3c([nH]c4ccc(Cl)cc34)[C@@](C(=O)OC)(c3cc4c(cc3OC)N(C)[C@H]3[C@@](O)(C(=O)OC)[C@H](OC(C)=O)[C@]5(CC)C=CCN6CC[C@]43[C@@H]65)C2)C1. The normalized spacial score (nSPS) is 36.6. The lowest BCUT2D eigenvalue weighted by Crippen LogP contribution is -2.81. The largest absolute Gasteiger partial charge is 0.496 e. The molecule has 14 heteroatoms. The lowest BCUT2D eigenvalue weighted by molar-refractivity contribution is -0.228. The number of piperidine rings is 1. The number of fused-ring (bicyclic) bond motifs is 6. The summed E-state index contributed by atoms with van der Waals surface area (Å²) in [4.78, 5) is 53.1. The maximum Gasteiger partial charge on any atom is 0.344 e. The average Bonchev–Trinajstić information content (AvgIpc) is 3.89. The van der Waals surface area contributed by atoms with E-state index in [0.29, 0.717) is 93.3 Å². The number of nitrogens with zero attached hydrogens (tertiary/aromatic N) is 3. The van der Waals surface area contributed by atoms with Gasteiger partial charge in [-0.15, -0.1) is 0 Å². The smallest absolute Gasteiger partial charge is 0.344 e. The average molecular weight is 845 g/mol. The molecule has 6 aliphatic rings. The summed E-state index contributed by atoms with van der Waals surface area (Å²) in [6.07, 6.45) is 5.76. The Labute approximate surface area is 355 Å². The summed E-state index contributed by atoms with van der Waals surface area (Å²) in [5.74, 6) is -1.67. The summed E-state index contributed by atoms with van der Waals surface area (Å²) >= 11 is 6.68. The van der Waals surface area contributed by atoms with Gasteiger partial charge in [0.05, 0.1) is 33.0 Å². The fourth-order valence-corrected chi connectivity index (χ4v) is 13.7. The Morgan fingerprint density at radius 1 is 0.967 bits per heavy atom. The van der Waals surface area contributed by atoms with E-state index in [2.05, 4.69) is 20.9 Å². The van der Waals surface area contributed by atoms with Gasteiger partial charge in [-0.05, 0) is 86.4 Å². The van der Waals surface area contributed by atoms with Crippen molar-refractivity contribution in [3.8, 4) is 5.75 Å². The third-order valence-electron chi connectivity index (χ3n) is 15.7. The quantitative estimate of drug-likeness (QED) is 0.173. The predicted molar refractivity (Wildman–Crippen MR) is 225 cm³/mol. The number of H-pyrrole nitrogens is 1. The fourth-order valence-electron chi connectivity index (χ4n) is 13.5. The van der Waals surface area contributed by atoms with Gasteiger partial charge in [-0.2, -0.15) is 0 Å². The fraction of sp³-hybridized carbons (Fsp3) is 0.587. The van der Waals surface area contributed by atoms with Crippen molar-refractivity contribution in [2.45, 2.75) is 99.5 Å². The molecule has 0 amide bonds. The molecule has 2 bridgehead atoms. The predicted octanol–water partition coefficient (Wildman–Crippen LogP) is 4.64. The Hall–Kier alpha value is -4.14. The minimum Gasteiger partial charge on any atom is -0.496 e. The van der Waals surface area contributed by atoms with Crippen LogP contribution in [0, 0.1) is 11.3 Å². The number of hydrogen-bond donors (Lipinski definition) is 3. The molecule has 2 saturated heterocycles. The molecule has 2 aromatic carbocycles. The van der Waals surface area contributed by atoms with Crippen molar-refractivity contribution in [2.24, 2.45) is 11.3 Å². The van der Waals surface area contributed by atoms with Gasteiger partial charge in [-0.3, -0.25) is 19.4 Å². The summed E-state index contributed by atoms with van der Waals surface area (Å²) < 4.78 is 23.9. The van der Waals surface area contributed by atoms with Gasteiger partial charge in [-0.25, -0.2) is 4.79 Å². The topological polar surface area (TPSA) is 154 Å². The van der Waals surface area contributed by atoms with Crippen LogP contribution in [-0.2, 0) is 45.8 Å². The number of carbonyl (C=O) groups is 3. The van der Waals surface area contributed by atoms with Crippen molar-refractivity contribution in [3.05, 3.63) is 69.9 Å². The summed E-state index contributed by atoms with van der Waals surface area (Å²) in [7, 11) is 6.11. The van der Waals surface area contributed by atoms with Crippen LogP contribution in [0.1, 0.15) is 75.3 Å². The highest BCUT2D eigenvalue weighted by molar-refractivity contribution is 6.31. The zero-order chi connectivity index (χ0) is 42.7. The minimum atomic E-state index is -2.32. The monoisotopic (exact) mass is 844 g/mol. The van der Waals surface area contributed by atoms with Gasteiger partial charge in [-0.1, -0.05) is 37.6 Å². The van der Waals surface area contributed by atoms with Crippen LogP contribution in [0.2, 0.25) is 5.02 Å². The molecule has 3 N–H and O–H groups in total. The molecule has 1 aliphatic carbocycles. The third kappa shape index (κ3) is 5.34. The first-order valence-corrected chi connectivity index (χ1v) is 21.7. The van der Waals surface area contributed by atoms with Crippen LogP contribution in [-0.4, -0.2) is 133 Å². The highest BCUT2D eigenvalue weighted by Crippen LogP contribution is 2.68. The number of esters is 3. The van der Waals surface area contributed by atoms with E-state index in [1.807, 2.05) is 62.2 Å². The van der Waals surface area contributed by atoms with Gasteiger partial charge < -0.3 is 39.0 Å². The number of carbonyl (C=O) groups excluding carboxylic acids is 3. The molecule has 1 saturated carbocycles. The van der Waals surface area contributed by atoms with Crippen molar-refractivity contribution in [2.75, 3.05) is 66.0 Å². The second-order valence-corrected chi connectivity index (χ2v) is 18.8. The van der Waals surface area contributed by atoms with Gasteiger partial charge in [0.1, 0.15) is 11.2 Å². The summed E-state index contributed by atoms with van der Waals surface area (Å²) in [5.41, 5.74) is -2.02. The van der Waals surface area contributed by atoms with Crippen LogP contribution in [0.4, 0.5) is 5.69 Å². The first-order valence-electron chi connectivity index (χ1n) is 21.3. The number of methoxy groups -OCH3 is 3. The van der Waals surface area contributed by atoms with Crippen LogP contribution in [0.25, 0.3) is 10.9 Å². The number of aromatic nitrogens is 1. The van der Waals surface area contributed by atoms with E-state index in [-0.39, 0.29) is 12.0 Å². The third-order valence-corrected chi connectivity index (χ3v) is 15.9. The second kappa shape index (κ2) is 14.2. The molecule has 13 nitrogen and oxygen atoms in total. The van der Waals surface area contributed by atoms with Crippen LogP contribution < -0.4 is 9.64 Å². The Morgan fingerprint density at radius 2 is 1.73 bits per heavy atom. The number of aliphatic hydroxyl groups is 2. The molecule has 322 valence electrons. The molecule has 60 heavy (non-hydrogen) atoms. The molecule has 1 spiro atoms. The number of rotatable bonds is 7. The first kappa shape index (κ1) is 41.2. The molecule has 3 fully saturated rings. The van der Waals surface area contributed by atoms with Crippen molar-refractivity contribution in [3.63, 3.8) is 0 Å². The zero-order valence-electron chi connectivity index (χ0n) is 35.6. The molecular weight excluding hydrogens is 788 g/mol. The number of likely N-dealkylation sites (N-methyl/N-ethyl adjacent to an activating group) is 1. The van der Waals surface area contributed by atoms with E-state index in [0.717, 1.165) is 27.7 Å². The van der Waals surface area contributed by atoms with Gasteiger partial charge in [0.25, 0.3) is 0 Å². The molecule has 3 aromatic rings. The number of benzene rings is 2. The van der Waals surface area contributed by atoms with E-state index >= 15 is 4.79 Å². The number of hydrogen-bond acceptors (Lipinski definition) is 12. The Bertz CT molecular complexity index is 2320. The maximum atomic E-state index is 15.4. The molecule has 1 unspecified atom stereocenters. The first-order chi connectivity index (χ1) is 28.6. The standard InChI is InChI=1S/C46H57ClN4O9/c1-8-42(55)22-27-23-45(40(53)58-6,36-29(13-17-50(24-27)25-42)30-19-28(47)11-12-33(30)48-36)32-20-31-34(21-35(32)57-5)49(4)38-44(31)15-18-51-16-10-14-43(9-2,37(44)51)39(60-26(3)52)46(38,56)41(54)59-7/h10-12,14,19-21,27,37-39,48,55-56H,8-9,13,15-18,22-25H2,1-7H3/t27-,37+,38-,39-,42+,43-,44-,45+,46+/m1/s1. The lowest BCUT2D eigenvalue weighted by atomic mass is 9.47. The van der Waals surface area contributed by atoms with E-state index in [4.69, 9.17) is 30.5 Å².